The van der Waals surface area contributed by atoms with Crippen molar-refractivity contribution in [1.82, 2.24) is 15.5 Å². The molecule has 138 valence electrons. The normalized spacial score (nSPS) is 16.4. The molecule has 0 aliphatic heterocycles. The fourth-order valence-corrected chi connectivity index (χ4v) is 2.50. The molecule has 6 nitrogen and oxygen atoms in total. The van der Waals surface area contributed by atoms with Gasteiger partial charge in [-0.1, -0.05) is 37.8 Å². The van der Waals surface area contributed by atoms with Crippen molar-refractivity contribution in [3.63, 3.8) is 0 Å². The first kappa shape index (κ1) is 20.5. The number of amides is 1. The summed E-state index contributed by atoms with van der Waals surface area (Å²) >= 11 is 0. The van der Waals surface area contributed by atoms with Gasteiger partial charge in [0.1, 0.15) is 6.54 Å². The van der Waals surface area contributed by atoms with Gasteiger partial charge in [0.05, 0.1) is 12.7 Å². The first-order chi connectivity index (χ1) is 11.5. The lowest BCUT2D eigenvalue weighted by Gasteiger charge is -2.17. The van der Waals surface area contributed by atoms with Crippen LogP contribution in [0.2, 0.25) is 0 Å². The summed E-state index contributed by atoms with van der Waals surface area (Å²) in [6.45, 7) is 7.91. The van der Waals surface area contributed by atoms with Gasteiger partial charge in [-0.2, -0.15) is 0 Å². The summed E-state index contributed by atoms with van der Waals surface area (Å²) in [5.74, 6) is 0.596. The highest BCUT2D eigenvalue weighted by Gasteiger charge is 2.12. The van der Waals surface area contributed by atoms with Gasteiger partial charge >= 0.3 is 0 Å². The van der Waals surface area contributed by atoms with E-state index in [1.807, 2.05) is 6.92 Å². The highest BCUT2D eigenvalue weighted by molar-refractivity contribution is 5.84. The summed E-state index contributed by atoms with van der Waals surface area (Å²) in [6, 6.07) is 0. The fourth-order valence-electron chi connectivity index (χ4n) is 2.50. The van der Waals surface area contributed by atoms with E-state index in [2.05, 4.69) is 22.2 Å². The SMILES string of the molecule is C=C(C)CNC(=NCC(=O)N(C)C)NCCOC1CCCCCC1. The molecule has 2 N–H and O–H groups in total. The van der Waals surface area contributed by atoms with Crippen molar-refractivity contribution in [2.24, 2.45) is 4.99 Å². The molecule has 0 bridgehead atoms. The van der Waals surface area contributed by atoms with Crippen molar-refractivity contribution in [3.05, 3.63) is 12.2 Å². The Hall–Kier alpha value is -1.56. The monoisotopic (exact) mass is 338 g/mol. The lowest BCUT2D eigenvalue weighted by Crippen LogP contribution is -2.41. The number of nitrogens with zero attached hydrogens (tertiary/aromatic N) is 2. The van der Waals surface area contributed by atoms with Gasteiger partial charge in [-0.15, -0.1) is 0 Å². The molecule has 0 aromatic carbocycles. The molecule has 1 fully saturated rings. The van der Waals surface area contributed by atoms with Gasteiger partial charge in [-0.05, 0) is 19.8 Å². The van der Waals surface area contributed by atoms with Crippen LogP contribution in [0.3, 0.4) is 0 Å². The van der Waals surface area contributed by atoms with E-state index in [1.54, 1.807) is 14.1 Å². The Balaban J connectivity index is 2.35. The second-order valence-electron chi connectivity index (χ2n) is 6.67. The molecule has 1 aliphatic carbocycles. The number of carbonyl (C=O) groups excluding carboxylic acids is 1. The van der Waals surface area contributed by atoms with Crippen molar-refractivity contribution < 1.29 is 9.53 Å². The zero-order valence-electron chi connectivity index (χ0n) is 15.6. The zero-order chi connectivity index (χ0) is 17.8. The summed E-state index contributed by atoms with van der Waals surface area (Å²) < 4.78 is 5.96. The predicted molar refractivity (Wildman–Crippen MR) is 99.3 cm³/mol. The highest BCUT2D eigenvalue weighted by atomic mass is 16.5. The van der Waals surface area contributed by atoms with E-state index in [-0.39, 0.29) is 12.5 Å². The first-order valence-electron chi connectivity index (χ1n) is 8.97. The van der Waals surface area contributed by atoms with E-state index in [1.165, 1.54) is 43.4 Å². The Labute approximate surface area is 146 Å². The van der Waals surface area contributed by atoms with E-state index in [0.29, 0.717) is 31.8 Å². The number of aliphatic imine (C=N–C) groups is 1. The van der Waals surface area contributed by atoms with Crippen LogP contribution in [0.5, 0.6) is 0 Å². The van der Waals surface area contributed by atoms with Crippen LogP contribution in [-0.4, -0.2) is 63.2 Å². The molecule has 1 saturated carbocycles. The topological polar surface area (TPSA) is 66.0 Å². The molecule has 0 unspecified atom stereocenters. The van der Waals surface area contributed by atoms with E-state index < -0.39 is 0 Å². The minimum Gasteiger partial charge on any atom is -0.376 e. The smallest absolute Gasteiger partial charge is 0.243 e. The van der Waals surface area contributed by atoms with Gasteiger partial charge < -0.3 is 20.3 Å². The third-order valence-corrected chi connectivity index (χ3v) is 3.98. The minimum absolute atomic E-state index is 0.0267. The van der Waals surface area contributed by atoms with Gasteiger partial charge in [0.15, 0.2) is 5.96 Å². The number of likely N-dealkylation sites (N-methyl/N-ethyl adjacent to an activating group) is 1. The third kappa shape index (κ3) is 9.55. The number of rotatable bonds is 8. The first-order valence-corrected chi connectivity index (χ1v) is 8.97. The third-order valence-electron chi connectivity index (χ3n) is 3.98. The van der Waals surface area contributed by atoms with E-state index in [0.717, 1.165) is 5.57 Å². The van der Waals surface area contributed by atoms with Gasteiger partial charge in [0, 0.05) is 27.2 Å². The Morgan fingerprint density at radius 3 is 2.46 bits per heavy atom. The molecule has 1 aliphatic rings. The average molecular weight is 338 g/mol. The Morgan fingerprint density at radius 1 is 1.21 bits per heavy atom. The minimum atomic E-state index is -0.0267. The van der Waals surface area contributed by atoms with Gasteiger partial charge in [0.2, 0.25) is 5.91 Å². The second-order valence-corrected chi connectivity index (χ2v) is 6.67. The van der Waals surface area contributed by atoms with Gasteiger partial charge in [-0.25, -0.2) is 4.99 Å². The molecule has 0 aromatic rings. The van der Waals surface area contributed by atoms with Crippen molar-refractivity contribution >= 4 is 11.9 Å². The van der Waals surface area contributed by atoms with E-state index in [4.69, 9.17) is 4.74 Å². The fraction of sp³-hybridized carbons (Fsp3) is 0.778. The molecule has 0 heterocycles. The molecule has 1 amide bonds. The van der Waals surface area contributed by atoms with Crippen LogP contribution < -0.4 is 10.6 Å². The van der Waals surface area contributed by atoms with Crippen molar-refractivity contribution in [3.8, 4) is 0 Å². The van der Waals surface area contributed by atoms with Crippen molar-refractivity contribution in [1.29, 1.82) is 0 Å². The maximum atomic E-state index is 11.7. The Bertz CT molecular complexity index is 413. The number of hydrogen-bond acceptors (Lipinski definition) is 3. The second kappa shape index (κ2) is 11.9. The van der Waals surface area contributed by atoms with Crippen LogP contribution in [0.15, 0.2) is 17.1 Å². The van der Waals surface area contributed by atoms with Crippen LogP contribution >= 0.6 is 0 Å². The van der Waals surface area contributed by atoms with Gasteiger partial charge in [-0.3, -0.25) is 4.79 Å². The lowest BCUT2D eigenvalue weighted by molar-refractivity contribution is -0.127. The zero-order valence-corrected chi connectivity index (χ0v) is 15.6. The molecule has 0 spiro atoms. The molecule has 24 heavy (non-hydrogen) atoms. The van der Waals surface area contributed by atoms with E-state index in [9.17, 15) is 4.79 Å². The molecular formula is C18H34N4O2. The number of guanidine groups is 1. The van der Waals surface area contributed by atoms with Crippen LogP contribution in [-0.2, 0) is 9.53 Å². The number of nitrogens with one attached hydrogen (secondary N) is 2. The lowest BCUT2D eigenvalue weighted by atomic mass is 10.1. The Kier molecular flexibility index (Phi) is 10.2. The summed E-state index contributed by atoms with van der Waals surface area (Å²) in [7, 11) is 3.46. The molecule has 6 heteroatoms. The molecular weight excluding hydrogens is 304 g/mol. The predicted octanol–water partition coefficient (Wildman–Crippen LogP) is 1.93. The Morgan fingerprint density at radius 2 is 1.88 bits per heavy atom. The number of hydrogen-bond donors (Lipinski definition) is 2. The quantitative estimate of drug-likeness (QED) is 0.233. The highest BCUT2D eigenvalue weighted by Crippen LogP contribution is 2.19. The van der Waals surface area contributed by atoms with Crippen molar-refractivity contribution in [2.45, 2.75) is 51.6 Å². The molecule has 0 atom stereocenters. The number of carbonyl (C=O) groups is 1. The summed E-state index contributed by atoms with van der Waals surface area (Å²) in [5.41, 5.74) is 1.01. The van der Waals surface area contributed by atoms with Crippen LogP contribution in [0, 0.1) is 0 Å². The van der Waals surface area contributed by atoms with Crippen LogP contribution in [0.25, 0.3) is 0 Å². The van der Waals surface area contributed by atoms with Crippen LogP contribution in [0.1, 0.15) is 45.4 Å². The van der Waals surface area contributed by atoms with Crippen molar-refractivity contribution in [2.75, 3.05) is 40.3 Å². The van der Waals surface area contributed by atoms with Gasteiger partial charge in [0.25, 0.3) is 0 Å². The maximum absolute atomic E-state index is 11.7. The van der Waals surface area contributed by atoms with E-state index >= 15 is 0 Å². The largest absolute Gasteiger partial charge is 0.376 e. The number of ether oxygens (including phenoxy) is 1. The standard InChI is InChI=1S/C18H34N4O2/c1-15(2)13-20-18(21-14-17(23)22(3)4)19-11-12-24-16-9-7-5-6-8-10-16/h16H,1,5-14H2,2-4H3,(H2,19,20,21). The average Bonchev–Trinajstić information content (AvgIpc) is 2.81. The summed E-state index contributed by atoms with van der Waals surface area (Å²) in [5, 5.41) is 6.40. The molecule has 0 saturated heterocycles. The molecule has 1 rings (SSSR count). The summed E-state index contributed by atoms with van der Waals surface area (Å²) in [6.07, 6.45) is 7.96. The van der Waals surface area contributed by atoms with Crippen LogP contribution in [0.4, 0.5) is 0 Å². The molecule has 0 radical (unpaired) electrons. The molecule has 0 aromatic heterocycles. The summed E-state index contributed by atoms with van der Waals surface area (Å²) in [4.78, 5) is 17.5. The maximum Gasteiger partial charge on any atom is 0.243 e.